The van der Waals surface area contributed by atoms with Gasteiger partial charge in [0.2, 0.25) is 5.91 Å². The molecule has 0 radical (unpaired) electrons. The molecule has 3 atom stereocenters. The number of carbonyl (C=O) groups excluding carboxylic acids is 1. The predicted molar refractivity (Wildman–Crippen MR) is 57.8 cm³/mol. The number of hydrogen-bond acceptors (Lipinski definition) is 2. The molecule has 0 spiro atoms. The van der Waals surface area contributed by atoms with E-state index in [0.29, 0.717) is 12.5 Å². The molecule has 3 N–H and O–H groups in total. The summed E-state index contributed by atoms with van der Waals surface area (Å²) in [4.78, 5) is 11.7. The van der Waals surface area contributed by atoms with Crippen LogP contribution in [0.2, 0.25) is 0 Å². The van der Waals surface area contributed by atoms with E-state index in [2.05, 4.69) is 26.1 Å². The van der Waals surface area contributed by atoms with Gasteiger partial charge in [-0.15, -0.1) is 0 Å². The Kier molecular flexibility index (Phi) is 3.53. The second-order valence-corrected chi connectivity index (χ2v) is 4.76. The van der Waals surface area contributed by atoms with Crippen molar-refractivity contribution in [3.05, 3.63) is 0 Å². The van der Waals surface area contributed by atoms with Crippen molar-refractivity contribution in [3.8, 4) is 0 Å². The van der Waals surface area contributed by atoms with Crippen LogP contribution in [0.3, 0.4) is 0 Å². The first kappa shape index (κ1) is 11.5. The molecule has 0 aliphatic heterocycles. The van der Waals surface area contributed by atoms with Crippen LogP contribution in [0.5, 0.6) is 0 Å². The van der Waals surface area contributed by atoms with Gasteiger partial charge in [-0.1, -0.05) is 13.8 Å². The van der Waals surface area contributed by atoms with Gasteiger partial charge in [0.1, 0.15) is 0 Å². The number of rotatable bonds is 5. The fraction of sp³-hybridized carbons (Fsp3) is 0.909. The lowest BCUT2D eigenvalue weighted by atomic mass is 9.94. The molecule has 0 aromatic carbocycles. The highest BCUT2D eigenvalue weighted by molar-refractivity contribution is 5.82. The molecule has 1 saturated carbocycles. The molecule has 0 heterocycles. The first-order valence-corrected chi connectivity index (χ1v) is 5.54. The third-order valence-corrected chi connectivity index (χ3v) is 3.35. The maximum absolute atomic E-state index is 11.7. The number of nitrogens with one attached hydrogen (secondary N) is 1. The van der Waals surface area contributed by atoms with Crippen molar-refractivity contribution >= 4 is 5.91 Å². The first-order chi connectivity index (χ1) is 6.52. The van der Waals surface area contributed by atoms with Crippen LogP contribution in [-0.2, 0) is 4.79 Å². The monoisotopic (exact) mass is 198 g/mol. The Balaban J connectivity index is 2.43. The fourth-order valence-corrected chi connectivity index (χ4v) is 1.72. The molecule has 1 amide bonds. The molecule has 1 aliphatic carbocycles. The Morgan fingerprint density at radius 2 is 2.21 bits per heavy atom. The normalized spacial score (nSPS) is 29.4. The largest absolute Gasteiger partial charge is 0.351 e. The lowest BCUT2D eigenvalue weighted by Gasteiger charge is -2.29. The van der Waals surface area contributed by atoms with Crippen LogP contribution in [0.1, 0.15) is 40.0 Å². The Bertz CT molecular complexity index is 217. The van der Waals surface area contributed by atoms with Crippen LogP contribution in [0, 0.1) is 11.8 Å². The molecule has 3 unspecified atom stereocenters. The number of nitrogens with two attached hydrogens (primary N) is 1. The summed E-state index contributed by atoms with van der Waals surface area (Å²) in [6, 6.07) is 0. The van der Waals surface area contributed by atoms with Gasteiger partial charge in [-0.05, 0) is 38.6 Å². The minimum absolute atomic E-state index is 0.103. The van der Waals surface area contributed by atoms with Gasteiger partial charge < -0.3 is 11.1 Å². The first-order valence-electron chi connectivity index (χ1n) is 5.54. The van der Waals surface area contributed by atoms with E-state index in [0.717, 1.165) is 19.3 Å². The van der Waals surface area contributed by atoms with Gasteiger partial charge in [0.05, 0.1) is 0 Å². The van der Waals surface area contributed by atoms with E-state index in [1.807, 2.05) is 0 Å². The second-order valence-electron chi connectivity index (χ2n) is 4.76. The molecule has 0 aromatic heterocycles. The minimum Gasteiger partial charge on any atom is -0.351 e. The SMILES string of the molecule is CCC(C)(CCN)NC(=O)C1CC1C. The molecule has 14 heavy (non-hydrogen) atoms. The molecule has 3 nitrogen and oxygen atoms in total. The number of amides is 1. The molecule has 1 fully saturated rings. The van der Waals surface area contributed by atoms with Crippen molar-refractivity contribution in [2.45, 2.75) is 45.6 Å². The molecule has 82 valence electrons. The summed E-state index contributed by atoms with van der Waals surface area (Å²) in [5, 5.41) is 3.12. The minimum atomic E-state index is -0.103. The fourth-order valence-electron chi connectivity index (χ4n) is 1.72. The van der Waals surface area contributed by atoms with Gasteiger partial charge >= 0.3 is 0 Å². The Hall–Kier alpha value is -0.570. The summed E-state index contributed by atoms with van der Waals surface area (Å²) in [6.45, 7) is 6.92. The van der Waals surface area contributed by atoms with Gasteiger partial charge in [-0.2, -0.15) is 0 Å². The van der Waals surface area contributed by atoms with Crippen molar-refractivity contribution in [1.82, 2.24) is 5.32 Å². The van der Waals surface area contributed by atoms with Crippen LogP contribution in [-0.4, -0.2) is 18.0 Å². The summed E-state index contributed by atoms with van der Waals surface area (Å²) < 4.78 is 0. The van der Waals surface area contributed by atoms with Crippen LogP contribution < -0.4 is 11.1 Å². The van der Waals surface area contributed by atoms with Crippen LogP contribution in [0.15, 0.2) is 0 Å². The Labute approximate surface area is 86.4 Å². The summed E-state index contributed by atoms with van der Waals surface area (Å²) >= 11 is 0. The molecule has 1 aliphatic rings. The zero-order valence-electron chi connectivity index (χ0n) is 9.47. The van der Waals surface area contributed by atoms with Crippen LogP contribution >= 0.6 is 0 Å². The highest BCUT2D eigenvalue weighted by Gasteiger charge is 2.41. The standard InChI is InChI=1S/C11H22N2O/c1-4-11(3,5-6-12)13-10(14)9-7-8(9)2/h8-9H,4-7,12H2,1-3H3,(H,13,14). The molecule has 0 bridgehead atoms. The summed E-state index contributed by atoms with van der Waals surface area (Å²) in [5.74, 6) is 1.06. The zero-order valence-corrected chi connectivity index (χ0v) is 9.47. The van der Waals surface area contributed by atoms with Crippen LogP contribution in [0.4, 0.5) is 0 Å². The van der Waals surface area contributed by atoms with E-state index >= 15 is 0 Å². The number of hydrogen-bond donors (Lipinski definition) is 2. The molecular weight excluding hydrogens is 176 g/mol. The van der Waals surface area contributed by atoms with E-state index in [1.165, 1.54) is 0 Å². The Morgan fingerprint density at radius 1 is 1.64 bits per heavy atom. The van der Waals surface area contributed by atoms with Crippen molar-refractivity contribution in [1.29, 1.82) is 0 Å². The van der Waals surface area contributed by atoms with Crippen molar-refractivity contribution in [2.75, 3.05) is 6.54 Å². The van der Waals surface area contributed by atoms with E-state index in [1.54, 1.807) is 0 Å². The average Bonchev–Trinajstić information content (AvgIpc) is 2.83. The van der Waals surface area contributed by atoms with Crippen molar-refractivity contribution in [2.24, 2.45) is 17.6 Å². The predicted octanol–water partition coefficient (Wildman–Crippen LogP) is 1.28. The Morgan fingerprint density at radius 3 is 2.57 bits per heavy atom. The van der Waals surface area contributed by atoms with Crippen molar-refractivity contribution < 1.29 is 4.79 Å². The van der Waals surface area contributed by atoms with E-state index in [4.69, 9.17) is 5.73 Å². The maximum atomic E-state index is 11.7. The lowest BCUT2D eigenvalue weighted by Crippen LogP contribution is -2.47. The molecule has 3 heteroatoms. The van der Waals surface area contributed by atoms with Crippen molar-refractivity contribution in [3.63, 3.8) is 0 Å². The summed E-state index contributed by atoms with van der Waals surface area (Å²) in [7, 11) is 0. The number of carbonyl (C=O) groups is 1. The van der Waals surface area contributed by atoms with Gasteiger partial charge in [0, 0.05) is 11.5 Å². The molecular formula is C11H22N2O. The van der Waals surface area contributed by atoms with Gasteiger partial charge in [0.15, 0.2) is 0 Å². The molecule has 0 saturated heterocycles. The topological polar surface area (TPSA) is 55.1 Å². The smallest absolute Gasteiger partial charge is 0.223 e. The third-order valence-electron chi connectivity index (χ3n) is 3.35. The highest BCUT2D eigenvalue weighted by atomic mass is 16.2. The lowest BCUT2D eigenvalue weighted by molar-refractivity contribution is -0.124. The maximum Gasteiger partial charge on any atom is 0.223 e. The highest BCUT2D eigenvalue weighted by Crippen LogP contribution is 2.38. The second kappa shape index (κ2) is 4.30. The quantitative estimate of drug-likeness (QED) is 0.699. The summed E-state index contributed by atoms with van der Waals surface area (Å²) in [6.07, 6.45) is 2.85. The van der Waals surface area contributed by atoms with Gasteiger partial charge in [-0.25, -0.2) is 0 Å². The van der Waals surface area contributed by atoms with Gasteiger partial charge in [0.25, 0.3) is 0 Å². The average molecular weight is 198 g/mol. The van der Waals surface area contributed by atoms with Crippen LogP contribution in [0.25, 0.3) is 0 Å². The van der Waals surface area contributed by atoms with E-state index < -0.39 is 0 Å². The molecule has 1 rings (SSSR count). The zero-order chi connectivity index (χ0) is 10.8. The molecule has 0 aromatic rings. The van der Waals surface area contributed by atoms with E-state index in [9.17, 15) is 4.79 Å². The van der Waals surface area contributed by atoms with E-state index in [-0.39, 0.29) is 17.4 Å². The van der Waals surface area contributed by atoms with Gasteiger partial charge in [-0.3, -0.25) is 4.79 Å². The summed E-state index contributed by atoms with van der Waals surface area (Å²) in [5.41, 5.74) is 5.43. The third kappa shape index (κ3) is 2.71.